The number of nitrogens with zero attached hydrogens (tertiary/aromatic N) is 1. The maximum absolute atomic E-state index is 11.7. The second-order valence-corrected chi connectivity index (χ2v) is 7.37. The van der Waals surface area contributed by atoms with Crippen molar-refractivity contribution in [2.45, 2.75) is 33.3 Å². The summed E-state index contributed by atoms with van der Waals surface area (Å²) >= 11 is 0. The summed E-state index contributed by atoms with van der Waals surface area (Å²) in [5, 5.41) is 0. The van der Waals surface area contributed by atoms with Crippen molar-refractivity contribution in [3.8, 4) is 0 Å². The molecule has 106 valence electrons. The molecule has 0 aromatic carbocycles. The van der Waals surface area contributed by atoms with E-state index in [0.717, 1.165) is 6.26 Å². The van der Waals surface area contributed by atoms with Gasteiger partial charge in [-0.2, -0.15) is 8.42 Å². The van der Waals surface area contributed by atoms with E-state index in [1.807, 2.05) is 20.8 Å². The molecule has 1 aliphatic heterocycles. The first-order chi connectivity index (χ1) is 8.07. The van der Waals surface area contributed by atoms with Gasteiger partial charge in [0.1, 0.15) is 0 Å². The van der Waals surface area contributed by atoms with Crippen LogP contribution >= 0.6 is 0 Å². The highest BCUT2D eigenvalue weighted by molar-refractivity contribution is 7.86. The predicted octanol–water partition coefficient (Wildman–Crippen LogP) is 1.22. The van der Waals surface area contributed by atoms with Crippen molar-refractivity contribution >= 4 is 16.2 Å². The zero-order valence-corrected chi connectivity index (χ0v) is 12.1. The van der Waals surface area contributed by atoms with E-state index >= 15 is 0 Å². The van der Waals surface area contributed by atoms with Crippen LogP contribution in [0.3, 0.4) is 0 Å². The van der Waals surface area contributed by atoms with E-state index in [-0.39, 0.29) is 12.0 Å². The molecular weight excluding hydrogens is 258 g/mol. The van der Waals surface area contributed by atoms with Gasteiger partial charge in [-0.3, -0.25) is 4.18 Å². The number of ether oxygens (including phenoxy) is 1. The molecule has 7 heteroatoms. The summed E-state index contributed by atoms with van der Waals surface area (Å²) < 4.78 is 31.9. The largest absolute Gasteiger partial charge is 0.449 e. The van der Waals surface area contributed by atoms with Crippen molar-refractivity contribution in [1.29, 1.82) is 0 Å². The van der Waals surface area contributed by atoms with Crippen LogP contribution in [0.15, 0.2) is 0 Å². The van der Waals surface area contributed by atoms with E-state index in [0.29, 0.717) is 19.6 Å². The summed E-state index contributed by atoms with van der Waals surface area (Å²) in [6, 6.07) is 0. The summed E-state index contributed by atoms with van der Waals surface area (Å²) in [6.45, 7) is 6.97. The van der Waals surface area contributed by atoms with Gasteiger partial charge in [-0.15, -0.1) is 0 Å². The Morgan fingerprint density at radius 1 is 1.39 bits per heavy atom. The number of amides is 1. The molecule has 0 N–H and O–H groups in total. The topological polar surface area (TPSA) is 72.9 Å². The second kappa shape index (κ2) is 5.44. The lowest BCUT2D eigenvalue weighted by Crippen LogP contribution is -2.33. The summed E-state index contributed by atoms with van der Waals surface area (Å²) in [5.74, 6) is 0. The molecule has 0 aliphatic carbocycles. The maximum Gasteiger partial charge on any atom is 0.409 e. The monoisotopic (exact) mass is 279 g/mol. The lowest BCUT2D eigenvalue weighted by Gasteiger charge is -2.21. The first kappa shape index (κ1) is 15.2. The lowest BCUT2D eigenvalue weighted by molar-refractivity contribution is 0.0753. The molecule has 0 saturated carbocycles. The van der Waals surface area contributed by atoms with Gasteiger partial charge in [0.05, 0.1) is 25.5 Å². The Labute approximate surface area is 108 Å². The average molecular weight is 279 g/mol. The van der Waals surface area contributed by atoms with Gasteiger partial charge in [-0.05, 0) is 11.8 Å². The standard InChI is InChI=1S/C11H21NO5S/c1-11(2,3)8-16-10(13)12-6-5-9(7-12)17-18(4,14)15/h9H,5-8H2,1-4H3. The number of likely N-dealkylation sites (tertiary alicyclic amines) is 1. The Kier molecular flexibility index (Phi) is 4.61. The van der Waals surface area contributed by atoms with Crippen molar-refractivity contribution in [2.75, 3.05) is 26.0 Å². The molecule has 1 fully saturated rings. The molecule has 0 aromatic rings. The first-order valence-corrected chi connectivity index (χ1v) is 7.68. The third kappa shape index (κ3) is 5.68. The van der Waals surface area contributed by atoms with Gasteiger partial charge < -0.3 is 9.64 Å². The molecule has 1 aliphatic rings. The van der Waals surface area contributed by atoms with Gasteiger partial charge in [0.25, 0.3) is 10.1 Å². The molecule has 18 heavy (non-hydrogen) atoms. The molecule has 0 radical (unpaired) electrons. The average Bonchev–Trinajstić information content (AvgIpc) is 2.58. The van der Waals surface area contributed by atoms with Crippen molar-refractivity contribution in [3.63, 3.8) is 0 Å². The minimum absolute atomic E-state index is 0.0853. The van der Waals surface area contributed by atoms with Gasteiger partial charge in [-0.1, -0.05) is 20.8 Å². The third-order valence-corrected chi connectivity index (χ3v) is 2.96. The van der Waals surface area contributed by atoms with Crippen molar-refractivity contribution < 1.29 is 22.1 Å². The molecule has 1 rings (SSSR count). The van der Waals surface area contributed by atoms with Gasteiger partial charge in [0.2, 0.25) is 0 Å². The van der Waals surface area contributed by atoms with E-state index in [9.17, 15) is 13.2 Å². The van der Waals surface area contributed by atoms with Crippen LogP contribution in [0.4, 0.5) is 4.79 Å². The van der Waals surface area contributed by atoms with E-state index < -0.39 is 22.3 Å². The molecule has 0 spiro atoms. The summed E-state index contributed by atoms with van der Waals surface area (Å²) in [7, 11) is -3.47. The Morgan fingerprint density at radius 2 is 2.00 bits per heavy atom. The molecule has 6 nitrogen and oxygen atoms in total. The van der Waals surface area contributed by atoms with E-state index in [4.69, 9.17) is 8.92 Å². The van der Waals surface area contributed by atoms with Crippen molar-refractivity contribution in [1.82, 2.24) is 4.90 Å². The fourth-order valence-corrected chi connectivity index (χ4v) is 2.24. The maximum atomic E-state index is 11.7. The van der Waals surface area contributed by atoms with Crippen LogP contribution in [0.25, 0.3) is 0 Å². The molecule has 1 unspecified atom stereocenters. The Balaban J connectivity index is 2.40. The Hall–Kier alpha value is -0.820. The first-order valence-electron chi connectivity index (χ1n) is 5.87. The SMILES string of the molecule is CC(C)(C)COC(=O)N1CCC(OS(C)(=O)=O)C1. The third-order valence-electron chi connectivity index (χ3n) is 2.34. The zero-order chi connectivity index (χ0) is 14.0. The van der Waals surface area contributed by atoms with Crippen molar-refractivity contribution in [3.05, 3.63) is 0 Å². The Bertz CT molecular complexity index is 398. The molecule has 1 saturated heterocycles. The van der Waals surface area contributed by atoms with Gasteiger partial charge >= 0.3 is 6.09 Å². The molecule has 1 heterocycles. The summed E-state index contributed by atoms with van der Waals surface area (Å²) in [6.07, 6.45) is 0.650. The minimum atomic E-state index is -3.47. The highest BCUT2D eigenvalue weighted by atomic mass is 32.2. The van der Waals surface area contributed by atoms with Crippen LogP contribution in [0.1, 0.15) is 27.2 Å². The van der Waals surface area contributed by atoms with Gasteiger partial charge in [0, 0.05) is 6.54 Å². The molecular formula is C11H21NO5S. The van der Waals surface area contributed by atoms with Crippen LogP contribution in [0.2, 0.25) is 0 Å². The summed E-state index contributed by atoms with van der Waals surface area (Å²) in [4.78, 5) is 13.2. The molecule has 1 atom stereocenters. The van der Waals surface area contributed by atoms with E-state index in [1.54, 1.807) is 0 Å². The highest BCUT2D eigenvalue weighted by Gasteiger charge is 2.30. The number of carbonyl (C=O) groups is 1. The Morgan fingerprint density at radius 3 is 2.50 bits per heavy atom. The van der Waals surface area contributed by atoms with Gasteiger partial charge in [-0.25, -0.2) is 4.79 Å². The van der Waals surface area contributed by atoms with Crippen LogP contribution < -0.4 is 0 Å². The van der Waals surface area contributed by atoms with Crippen LogP contribution in [-0.4, -0.2) is 51.5 Å². The predicted molar refractivity (Wildman–Crippen MR) is 66.7 cm³/mol. The fraction of sp³-hybridized carbons (Fsp3) is 0.909. The lowest BCUT2D eigenvalue weighted by atomic mass is 9.99. The smallest absolute Gasteiger partial charge is 0.409 e. The number of hydrogen-bond donors (Lipinski definition) is 0. The zero-order valence-electron chi connectivity index (χ0n) is 11.3. The number of rotatable bonds is 3. The fourth-order valence-electron chi connectivity index (χ4n) is 1.59. The highest BCUT2D eigenvalue weighted by Crippen LogP contribution is 2.18. The molecule has 1 amide bonds. The quantitative estimate of drug-likeness (QED) is 0.726. The van der Waals surface area contributed by atoms with Crippen LogP contribution in [0.5, 0.6) is 0 Å². The summed E-state index contributed by atoms with van der Waals surface area (Å²) in [5.41, 5.74) is -0.0853. The van der Waals surface area contributed by atoms with Gasteiger partial charge in [0.15, 0.2) is 0 Å². The minimum Gasteiger partial charge on any atom is -0.449 e. The van der Waals surface area contributed by atoms with Crippen LogP contribution in [0, 0.1) is 5.41 Å². The normalized spacial score (nSPS) is 21.1. The second-order valence-electron chi connectivity index (χ2n) is 5.77. The molecule has 0 bridgehead atoms. The molecule has 0 aromatic heterocycles. The van der Waals surface area contributed by atoms with Crippen molar-refractivity contribution in [2.24, 2.45) is 5.41 Å². The van der Waals surface area contributed by atoms with E-state index in [1.165, 1.54) is 4.90 Å². The van der Waals surface area contributed by atoms with E-state index in [2.05, 4.69) is 0 Å². The number of carbonyl (C=O) groups excluding carboxylic acids is 1. The number of hydrogen-bond acceptors (Lipinski definition) is 5. The van der Waals surface area contributed by atoms with Crippen LogP contribution in [-0.2, 0) is 19.0 Å².